The van der Waals surface area contributed by atoms with Crippen LogP contribution in [0.1, 0.15) is 59.4 Å². The van der Waals surface area contributed by atoms with Crippen molar-refractivity contribution in [1.82, 2.24) is 4.90 Å². The summed E-state index contributed by atoms with van der Waals surface area (Å²) in [5.74, 6) is 0.0899. The minimum absolute atomic E-state index is 0.129. The lowest BCUT2D eigenvalue weighted by molar-refractivity contribution is -0.144. The highest BCUT2D eigenvalue weighted by Crippen LogP contribution is 2.38. The summed E-state index contributed by atoms with van der Waals surface area (Å²) in [6.45, 7) is 11.5. The highest BCUT2D eigenvalue weighted by molar-refractivity contribution is 5.72. The molecule has 0 bridgehead atoms. The first kappa shape index (κ1) is 23.0. The minimum atomic E-state index is -0.855. The van der Waals surface area contributed by atoms with Gasteiger partial charge in [0.1, 0.15) is 17.1 Å². The summed E-state index contributed by atoms with van der Waals surface area (Å²) in [7, 11) is 1.60. The van der Waals surface area contributed by atoms with Gasteiger partial charge in [0.05, 0.1) is 32.8 Å². The molecule has 1 aromatic carbocycles. The van der Waals surface area contributed by atoms with E-state index in [2.05, 4.69) is 0 Å². The average molecular weight is 408 g/mol. The van der Waals surface area contributed by atoms with Gasteiger partial charge in [-0.2, -0.15) is 0 Å². The van der Waals surface area contributed by atoms with Crippen LogP contribution in [0.3, 0.4) is 0 Å². The summed E-state index contributed by atoms with van der Waals surface area (Å²) in [6.07, 6.45) is -0.337. The number of esters is 1. The SMILES string of the molecule is CCOC(=O)C[C@H](c1ccc(OC)cc1)[C@@H]1COC(C)(C)N1C(=O)OC(C)(C)C. The molecule has 1 aliphatic heterocycles. The predicted molar refractivity (Wildman–Crippen MR) is 109 cm³/mol. The van der Waals surface area contributed by atoms with Crippen LogP contribution in [0.25, 0.3) is 0 Å². The van der Waals surface area contributed by atoms with Gasteiger partial charge in [-0.05, 0) is 59.2 Å². The van der Waals surface area contributed by atoms with Gasteiger partial charge >= 0.3 is 12.1 Å². The number of benzene rings is 1. The maximum Gasteiger partial charge on any atom is 0.412 e. The van der Waals surface area contributed by atoms with E-state index in [1.165, 1.54) is 0 Å². The van der Waals surface area contributed by atoms with Gasteiger partial charge in [0.25, 0.3) is 0 Å². The minimum Gasteiger partial charge on any atom is -0.497 e. The molecule has 0 aromatic heterocycles. The standard InChI is InChI=1S/C22H33NO6/c1-8-27-19(24)13-17(15-9-11-16(26-7)12-10-15)18-14-28-22(5,6)23(18)20(25)29-21(2,3)4/h9-12,17-18H,8,13-14H2,1-7H3/t17-,18+/m1/s1. The molecule has 1 heterocycles. The molecule has 0 radical (unpaired) electrons. The average Bonchev–Trinajstić information content (AvgIpc) is 2.93. The molecule has 1 aromatic rings. The quantitative estimate of drug-likeness (QED) is 0.661. The largest absolute Gasteiger partial charge is 0.497 e. The highest BCUT2D eigenvalue weighted by Gasteiger charge is 2.49. The number of hydrogen-bond donors (Lipinski definition) is 0. The van der Waals surface area contributed by atoms with Crippen molar-refractivity contribution in [1.29, 1.82) is 0 Å². The Labute approximate surface area is 173 Å². The number of hydrogen-bond acceptors (Lipinski definition) is 6. The maximum absolute atomic E-state index is 13.0. The van der Waals surface area contributed by atoms with E-state index >= 15 is 0 Å². The maximum atomic E-state index is 13.0. The van der Waals surface area contributed by atoms with E-state index in [9.17, 15) is 9.59 Å². The van der Waals surface area contributed by atoms with Crippen LogP contribution < -0.4 is 4.74 Å². The zero-order valence-electron chi connectivity index (χ0n) is 18.5. The van der Waals surface area contributed by atoms with Crippen LogP contribution in [0.15, 0.2) is 24.3 Å². The van der Waals surface area contributed by atoms with Crippen molar-refractivity contribution in [2.45, 2.75) is 71.2 Å². The summed E-state index contributed by atoms with van der Waals surface area (Å²) in [4.78, 5) is 27.0. The van der Waals surface area contributed by atoms with Gasteiger partial charge in [-0.3, -0.25) is 9.69 Å². The molecule has 7 nitrogen and oxygen atoms in total. The topological polar surface area (TPSA) is 74.3 Å². The van der Waals surface area contributed by atoms with E-state index in [1.807, 2.05) is 58.9 Å². The van der Waals surface area contributed by atoms with E-state index in [0.29, 0.717) is 13.2 Å². The van der Waals surface area contributed by atoms with Crippen LogP contribution in [0.5, 0.6) is 5.75 Å². The van der Waals surface area contributed by atoms with Crippen molar-refractivity contribution in [2.75, 3.05) is 20.3 Å². The lowest BCUT2D eigenvalue weighted by atomic mass is 9.88. The van der Waals surface area contributed by atoms with E-state index in [0.717, 1.165) is 11.3 Å². The Morgan fingerprint density at radius 1 is 1.24 bits per heavy atom. The van der Waals surface area contributed by atoms with Gasteiger partial charge in [0.15, 0.2) is 0 Å². The molecule has 0 N–H and O–H groups in total. The van der Waals surface area contributed by atoms with Gasteiger partial charge < -0.3 is 18.9 Å². The third kappa shape index (κ3) is 5.85. The van der Waals surface area contributed by atoms with Gasteiger partial charge in [-0.1, -0.05) is 12.1 Å². The molecule has 0 unspecified atom stereocenters. The fraction of sp³-hybridized carbons (Fsp3) is 0.636. The van der Waals surface area contributed by atoms with Gasteiger partial charge in [-0.25, -0.2) is 4.79 Å². The Balaban J connectivity index is 2.40. The molecule has 7 heteroatoms. The second-order valence-electron chi connectivity index (χ2n) is 8.56. The number of carbonyl (C=O) groups is 2. The summed E-state index contributed by atoms with van der Waals surface area (Å²) < 4.78 is 22.0. The Bertz CT molecular complexity index is 707. The summed E-state index contributed by atoms with van der Waals surface area (Å²) in [6, 6.07) is 7.11. The van der Waals surface area contributed by atoms with Crippen LogP contribution in [-0.2, 0) is 19.0 Å². The lowest BCUT2D eigenvalue weighted by Crippen LogP contribution is -2.51. The molecule has 2 atom stereocenters. The van der Waals surface area contributed by atoms with E-state index < -0.39 is 17.4 Å². The first-order chi connectivity index (χ1) is 13.5. The fourth-order valence-electron chi connectivity index (χ4n) is 3.52. The fourth-order valence-corrected chi connectivity index (χ4v) is 3.52. The molecule has 1 fully saturated rings. The third-order valence-corrected chi connectivity index (χ3v) is 4.81. The first-order valence-electron chi connectivity index (χ1n) is 9.94. The summed E-state index contributed by atoms with van der Waals surface area (Å²) >= 11 is 0. The zero-order valence-corrected chi connectivity index (χ0v) is 18.5. The van der Waals surface area contributed by atoms with Crippen molar-refractivity contribution < 1.29 is 28.5 Å². The van der Waals surface area contributed by atoms with Crippen LogP contribution in [0.4, 0.5) is 4.79 Å². The number of rotatable bonds is 6. The molecule has 1 saturated heterocycles. The number of methoxy groups -OCH3 is 1. The van der Waals surface area contributed by atoms with Gasteiger partial charge in [0, 0.05) is 5.92 Å². The molecule has 162 valence electrons. The summed E-state index contributed by atoms with van der Waals surface area (Å²) in [5.41, 5.74) is -0.595. The molecule has 2 rings (SSSR count). The lowest BCUT2D eigenvalue weighted by Gasteiger charge is -2.37. The van der Waals surface area contributed by atoms with Crippen molar-refractivity contribution in [3.63, 3.8) is 0 Å². The zero-order chi connectivity index (χ0) is 21.8. The Hall–Kier alpha value is -2.28. The van der Waals surface area contributed by atoms with Crippen LogP contribution >= 0.6 is 0 Å². The third-order valence-electron chi connectivity index (χ3n) is 4.81. The number of amides is 1. The Kier molecular flexibility index (Phi) is 7.16. The van der Waals surface area contributed by atoms with E-state index in [-0.39, 0.29) is 24.3 Å². The Morgan fingerprint density at radius 3 is 2.38 bits per heavy atom. The molecule has 0 spiro atoms. The van der Waals surface area contributed by atoms with Crippen LogP contribution in [0, 0.1) is 0 Å². The first-order valence-corrected chi connectivity index (χ1v) is 9.94. The van der Waals surface area contributed by atoms with Gasteiger partial charge in [-0.15, -0.1) is 0 Å². The van der Waals surface area contributed by atoms with Gasteiger partial charge in [0.2, 0.25) is 0 Å². The molecular formula is C22H33NO6. The van der Waals surface area contributed by atoms with Crippen molar-refractivity contribution in [3.05, 3.63) is 29.8 Å². The number of carbonyl (C=O) groups excluding carboxylic acids is 2. The predicted octanol–water partition coefficient (Wildman–Crippen LogP) is 4.10. The molecule has 1 amide bonds. The number of nitrogens with zero attached hydrogens (tertiary/aromatic N) is 1. The molecule has 1 aliphatic rings. The van der Waals surface area contributed by atoms with Crippen molar-refractivity contribution >= 4 is 12.1 Å². The second kappa shape index (κ2) is 9.03. The van der Waals surface area contributed by atoms with E-state index in [4.69, 9.17) is 18.9 Å². The van der Waals surface area contributed by atoms with Crippen LogP contribution in [-0.4, -0.2) is 54.7 Å². The molecule has 29 heavy (non-hydrogen) atoms. The van der Waals surface area contributed by atoms with E-state index in [1.54, 1.807) is 18.9 Å². The smallest absolute Gasteiger partial charge is 0.412 e. The normalized spacial score (nSPS) is 19.6. The highest BCUT2D eigenvalue weighted by atomic mass is 16.6. The van der Waals surface area contributed by atoms with Crippen molar-refractivity contribution in [2.24, 2.45) is 0 Å². The summed E-state index contributed by atoms with van der Waals surface area (Å²) in [5, 5.41) is 0. The molecule has 0 saturated carbocycles. The van der Waals surface area contributed by atoms with Crippen molar-refractivity contribution in [3.8, 4) is 5.75 Å². The number of ether oxygens (including phenoxy) is 4. The second-order valence-corrected chi connectivity index (χ2v) is 8.56. The molecular weight excluding hydrogens is 374 g/mol. The van der Waals surface area contributed by atoms with Crippen LogP contribution in [0.2, 0.25) is 0 Å². The monoisotopic (exact) mass is 407 g/mol. The Morgan fingerprint density at radius 2 is 1.86 bits per heavy atom. The molecule has 0 aliphatic carbocycles.